The molecule has 2 N–H and O–H groups in total. The third kappa shape index (κ3) is 2.58. The van der Waals surface area contributed by atoms with Crippen LogP contribution in [-0.4, -0.2) is 9.55 Å². The average molecular weight is 384 g/mol. The predicted octanol–water partition coefficient (Wildman–Crippen LogP) is 3.09. The lowest BCUT2D eigenvalue weighted by atomic mass is 10.1. The third-order valence-corrected chi connectivity index (χ3v) is 3.60. The van der Waals surface area contributed by atoms with Crippen LogP contribution in [0.3, 0.4) is 0 Å². The number of rotatable bonds is 1. The monoisotopic (exact) mass is 383 g/mol. The van der Waals surface area contributed by atoms with E-state index in [9.17, 15) is 26.7 Å². The van der Waals surface area contributed by atoms with Gasteiger partial charge in [-0.2, -0.15) is 13.2 Å². The molecule has 10 heteroatoms. The normalized spacial score (nSPS) is 11.8. The van der Waals surface area contributed by atoms with E-state index in [0.717, 1.165) is 19.2 Å². The molecular formula is C12H7BrF5N3O. The van der Waals surface area contributed by atoms with Gasteiger partial charge in [0.1, 0.15) is 17.3 Å². The molecule has 0 unspecified atom stereocenters. The quantitative estimate of drug-likeness (QED) is 0.607. The predicted molar refractivity (Wildman–Crippen MR) is 71.9 cm³/mol. The molecule has 1 aromatic carbocycles. The highest BCUT2D eigenvalue weighted by Crippen LogP contribution is 2.33. The van der Waals surface area contributed by atoms with Crippen molar-refractivity contribution in [3.05, 3.63) is 44.3 Å². The van der Waals surface area contributed by atoms with Crippen molar-refractivity contribution in [2.75, 3.05) is 5.73 Å². The highest BCUT2D eigenvalue weighted by molar-refractivity contribution is 9.10. The lowest BCUT2D eigenvalue weighted by Crippen LogP contribution is -2.28. The number of alkyl halides is 3. The number of nitrogens with two attached hydrogens (primary N) is 1. The molecule has 2 aromatic rings. The zero-order valence-corrected chi connectivity index (χ0v) is 12.4. The summed E-state index contributed by atoms with van der Waals surface area (Å²) in [5, 5.41) is 0. The van der Waals surface area contributed by atoms with Crippen molar-refractivity contribution in [3.63, 3.8) is 0 Å². The third-order valence-electron chi connectivity index (χ3n) is 2.87. The van der Waals surface area contributed by atoms with Gasteiger partial charge in [-0.1, -0.05) is 0 Å². The van der Waals surface area contributed by atoms with E-state index in [4.69, 9.17) is 5.73 Å². The fourth-order valence-electron chi connectivity index (χ4n) is 1.77. The van der Waals surface area contributed by atoms with Crippen molar-refractivity contribution in [1.82, 2.24) is 9.55 Å². The second-order valence-corrected chi connectivity index (χ2v) is 5.08. The van der Waals surface area contributed by atoms with Crippen LogP contribution in [0.4, 0.5) is 27.6 Å². The minimum atomic E-state index is -4.99. The molecule has 0 aliphatic rings. The van der Waals surface area contributed by atoms with Crippen molar-refractivity contribution >= 4 is 21.6 Å². The lowest BCUT2D eigenvalue weighted by Gasteiger charge is -2.14. The summed E-state index contributed by atoms with van der Waals surface area (Å²) in [6.07, 6.45) is -4.99. The number of hydrogen-bond acceptors (Lipinski definition) is 3. The average Bonchev–Trinajstić information content (AvgIpc) is 2.42. The van der Waals surface area contributed by atoms with Crippen molar-refractivity contribution in [2.24, 2.45) is 7.05 Å². The summed E-state index contributed by atoms with van der Waals surface area (Å²) < 4.78 is 65.9. The molecule has 0 bridgehead atoms. The molecule has 4 nitrogen and oxygen atoms in total. The Balaban J connectivity index is 2.86. The first kappa shape index (κ1) is 16.4. The van der Waals surface area contributed by atoms with Crippen molar-refractivity contribution in [2.45, 2.75) is 6.18 Å². The molecule has 0 atom stereocenters. The number of nitrogens with zero attached hydrogens (tertiary/aromatic N) is 2. The summed E-state index contributed by atoms with van der Waals surface area (Å²) in [6.45, 7) is 0. The Bertz CT molecular complexity index is 816. The molecule has 0 saturated carbocycles. The highest BCUT2D eigenvalue weighted by Gasteiger charge is 2.37. The van der Waals surface area contributed by atoms with Gasteiger partial charge in [-0.25, -0.2) is 13.8 Å². The molecular weight excluding hydrogens is 377 g/mol. The number of nitrogen functional groups attached to an aromatic ring is 1. The maximum Gasteiger partial charge on any atom is 0.435 e. The zero-order chi connectivity index (χ0) is 16.8. The number of hydrogen-bond donors (Lipinski definition) is 1. The van der Waals surface area contributed by atoms with Crippen molar-refractivity contribution in [1.29, 1.82) is 0 Å². The van der Waals surface area contributed by atoms with E-state index in [1.54, 1.807) is 0 Å². The van der Waals surface area contributed by atoms with Crippen LogP contribution in [0, 0.1) is 11.6 Å². The van der Waals surface area contributed by atoms with Crippen LogP contribution in [-0.2, 0) is 13.2 Å². The van der Waals surface area contributed by atoms with E-state index < -0.39 is 50.6 Å². The van der Waals surface area contributed by atoms with Gasteiger partial charge in [-0.3, -0.25) is 9.36 Å². The van der Waals surface area contributed by atoms with Crippen LogP contribution in [0.15, 0.2) is 21.4 Å². The van der Waals surface area contributed by atoms with Crippen molar-refractivity contribution in [3.8, 4) is 11.4 Å². The molecule has 118 valence electrons. The maximum absolute atomic E-state index is 14.0. The molecule has 1 aromatic heterocycles. The van der Waals surface area contributed by atoms with Gasteiger partial charge >= 0.3 is 6.18 Å². The zero-order valence-electron chi connectivity index (χ0n) is 10.8. The van der Waals surface area contributed by atoms with Gasteiger partial charge in [0.25, 0.3) is 5.56 Å². The molecule has 2 rings (SSSR count). The molecule has 0 aliphatic heterocycles. The number of benzene rings is 1. The number of halogens is 6. The summed E-state index contributed by atoms with van der Waals surface area (Å²) in [5.41, 5.74) is 0.756. The SMILES string of the molecule is Cn1c(-c2ccc(F)c(Br)c2F)nc(C(F)(F)F)c(N)c1=O. The van der Waals surface area contributed by atoms with Crippen LogP contribution in [0.1, 0.15) is 5.69 Å². The Morgan fingerprint density at radius 3 is 2.41 bits per heavy atom. The Morgan fingerprint density at radius 2 is 1.86 bits per heavy atom. The first-order valence-corrected chi connectivity index (χ1v) is 6.42. The van der Waals surface area contributed by atoms with Gasteiger partial charge < -0.3 is 5.73 Å². The Labute approximate surface area is 128 Å². The molecule has 1 heterocycles. The van der Waals surface area contributed by atoms with Gasteiger partial charge in [0, 0.05) is 7.05 Å². The maximum atomic E-state index is 14.0. The fourth-order valence-corrected chi connectivity index (χ4v) is 2.12. The second kappa shape index (κ2) is 5.34. The number of anilines is 1. The molecule has 0 fully saturated rings. The topological polar surface area (TPSA) is 60.9 Å². The summed E-state index contributed by atoms with van der Waals surface area (Å²) >= 11 is 2.63. The highest BCUT2D eigenvalue weighted by atomic mass is 79.9. The Kier molecular flexibility index (Phi) is 3.98. The molecule has 22 heavy (non-hydrogen) atoms. The molecule has 0 saturated heterocycles. The smallest absolute Gasteiger partial charge is 0.392 e. The van der Waals surface area contributed by atoms with Gasteiger partial charge in [0.05, 0.1) is 10.0 Å². The van der Waals surface area contributed by atoms with E-state index in [0.29, 0.717) is 4.57 Å². The molecule has 0 amide bonds. The van der Waals surface area contributed by atoms with Gasteiger partial charge in [-0.05, 0) is 28.1 Å². The minimum absolute atomic E-state index is 0.474. The summed E-state index contributed by atoms with van der Waals surface area (Å²) in [5.74, 6) is -2.75. The van der Waals surface area contributed by atoms with E-state index in [1.807, 2.05) is 0 Å². The van der Waals surface area contributed by atoms with Gasteiger partial charge in [0.2, 0.25) is 0 Å². The first-order chi connectivity index (χ1) is 10.1. The Hall–Kier alpha value is -1.97. The standard InChI is InChI=1S/C12H7BrF5N3O/c1-21-10(4-2-3-5(14)6(13)7(4)15)20-9(12(16,17)18)8(19)11(21)22/h2-3H,19H2,1H3. The minimum Gasteiger partial charge on any atom is -0.392 e. The second-order valence-electron chi connectivity index (χ2n) is 4.28. The number of aromatic nitrogens is 2. The van der Waals surface area contributed by atoms with Gasteiger partial charge in [0.15, 0.2) is 11.5 Å². The van der Waals surface area contributed by atoms with E-state index >= 15 is 0 Å². The van der Waals surface area contributed by atoms with Crippen molar-refractivity contribution < 1.29 is 22.0 Å². The van der Waals surface area contributed by atoms with Crippen LogP contribution in [0.25, 0.3) is 11.4 Å². The largest absolute Gasteiger partial charge is 0.435 e. The van der Waals surface area contributed by atoms with E-state index in [2.05, 4.69) is 20.9 Å². The van der Waals surface area contributed by atoms with Gasteiger partial charge in [-0.15, -0.1) is 0 Å². The molecule has 0 spiro atoms. The van der Waals surface area contributed by atoms with Crippen LogP contribution >= 0.6 is 15.9 Å². The fraction of sp³-hybridized carbons (Fsp3) is 0.167. The van der Waals surface area contributed by atoms with E-state index in [-0.39, 0.29) is 0 Å². The summed E-state index contributed by atoms with van der Waals surface area (Å²) in [6, 6.07) is 1.71. The Morgan fingerprint density at radius 1 is 1.27 bits per heavy atom. The van der Waals surface area contributed by atoms with Crippen LogP contribution < -0.4 is 11.3 Å². The molecule has 0 aliphatic carbocycles. The van der Waals surface area contributed by atoms with E-state index in [1.165, 1.54) is 0 Å². The summed E-state index contributed by atoms with van der Waals surface area (Å²) in [4.78, 5) is 15.0. The lowest BCUT2D eigenvalue weighted by molar-refractivity contribution is -0.140. The van der Waals surface area contributed by atoms with Crippen LogP contribution in [0.5, 0.6) is 0 Å². The van der Waals surface area contributed by atoms with Crippen LogP contribution in [0.2, 0.25) is 0 Å². The molecule has 0 radical (unpaired) electrons. The first-order valence-electron chi connectivity index (χ1n) is 5.63. The summed E-state index contributed by atoms with van der Waals surface area (Å²) in [7, 11) is 1.08.